The van der Waals surface area contributed by atoms with E-state index in [0.29, 0.717) is 12.4 Å². The first kappa shape index (κ1) is 20.0. The number of furan rings is 1. The van der Waals surface area contributed by atoms with E-state index in [1.165, 1.54) is 6.42 Å². The summed E-state index contributed by atoms with van der Waals surface area (Å²) in [4.78, 5) is 25.0. The Morgan fingerprint density at radius 1 is 1.11 bits per heavy atom. The first-order chi connectivity index (χ1) is 13.6. The van der Waals surface area contributed by atoms with Gasteiger partial charge in [0.2, 0.25) is 5.91 Å². The molecule has 2 N–H and O–H groups in total. The summed E-state index contributed by atoms with van der Waals surface area (Å²) >= 11 is 0. The third-order valence-electron chi connectivity index (χ3n) is 5.22. The monoisotopic (exact) mass is 384 g/mol. The summed E-state index contributed by atoms with van der Waals surface area (Å²) in [6.07, 6.45) is 5.28. The molecule has 1 unspecified atom stereocenters. The predicted octanol–water partition coefficient (Wildman–Crippen LogP) is 3.77. The van der Waals surface area contributed by atoms with Gasteiger partial charge in [0.05, 0.1) is 6.61 Å². The lowest BCUT2D eigenvalue weighted by Gasteiger charge is -2.29. The molecule has 2 amide bonds. The topological polar surface area (TPSA) is 80.6 Å². The zero-order valence-corrected chi connectivity index (χ0v) is 16.5. The van der Waals surface area contributed by atoms with Gasteiger partial charge in [0.25, 0.3) is 5.91 Å². The quantitative estimate of drug-likeness (QED) is 0.761. The zero-order valence-electron chi connectivity index (χ0n) is 16.5. The molecule has 1 heterocycles. The lowest BCUT2D eigenvalue weighted by atomic mass is 9.83. The molecule has 0 aliphatic heterocycles. The molecule has 150 valence electrons. The average molecular weight is 384 g/mol. The summed E-state index contributed by atoms with van der Waals surface area (Å²) in [5.41, 5.74) is 0.859. The largest absolute Gasteiger partial charge is 0.494 e. The van der Waals surface area contributed by atoms with Crippen molar-refractivity contribution in [1.29, 1.82) is 0 Å². The minimum atomic E-state index is -0.531. The van der Waals surface area contributed by atoms with Crippen molar-refractivity contribution in [2.45, 2.75) is 45.1 Å². The van der Waals surface area contributed by atoms with Crippen LogP contribution in [0.3, 0.4) is 0 Å². The SMILES string of the molecule is CCOc1ccc(-c2ccc(C(=O)NC(C(=O)NC)C3CCCCC3)o2)cc1. The average Bonchev–Trinajstić information content (AvgIpc) is 3.23. The Labute approximate surface area is 165 Å². The maximum Gasteiger partial charge on any atom is 0.287 e. The van der Waals surface area contributed by atoms with Crippen LogP contribution in [-0.4, -0.2) is 31.5 Å². The van der Waals surface area contributed by atoms with Crippen LogP contribution in [0.25, 0.3) is 11.3 Å². The third-order valence-corrected chi connectivity index (χ3v) is 5.22. The molecule has 6 nitrogen and oxygen atoms in total. The summed E-state index contributed by atoms with van der Waals surface area (Å²) in [7, 11) is 1.60. The number of rotatable bonds is 7. The molecule has 28 heavy (non-hydrogen) atoms. The summed E-state index contributed by atoms with van der Waals surface area (Å²) in [5, 5.41) is 5.55. The minimum absolute atomic E-state index is 0.154. The second-order valence-corrected chi connectivity index (χ2v) is 7.08. The fraction of sp³-hybridized carbons (Fsp3) is 0.455. The van der Waals surface area contributed by atoms with E-state index in [-0.39, 0.29) is 23.5 Å². The Balaban J connectivity index is 1.70. The minimum Gasteiger partial charge on any atom is -0.494 e. The van der Waals surface area contributed by atoms with Gasteiger partial charge in [0.1, 0.15) is 17.6 Å². The van der Waals surface area contributed by atoms with E-state index in [4.69, 9.17) is 9.15 Å². The fourth-order valence-electron chi connectivity index (χ4n) is 3.73. The molecular formula is C22H28N2O4. The van der Waals surface area contributed by atoms with Gasteiger partial charge in [0, 0.05) is 12.6 Å². The highest BCUT2D eigenvalue weighted by Crippen LogP contribution is 2.28. The van der Waals surface area contributed by atoms with Gasteiger partial charge in [-0.25, -0.2) is 0 Å². The zero-order chi connectivity index (χ0) is 19.9. The Kier molecular flexibility index (Phi) is 6.74. The molecule has 6 heteroatoms. The normalized spacial score (nSPS) is 15.6. The van der Waals surface area contributed by atoms with Crippen LogP contribution in [0.1, 0.15) is 49.6 Å². The predicted molar refractivity (Wildman–Crippen MR) is 107 cm³/mol. The number of hydrogen-bond acceptors (Lipinski definition) is 4. The molecule has 0 bridgehead atoms. The summed E-state index contributed by atoms with van der Waals surface area (Å²) < 4.78 is 11.2. The maximum atomic E-state index is 12.7. The second-order valence-electron chi connectivity index (χ2n) is 7.08. The first-order valence-electron chi connectivity index (χ1n) is 9.98. The van der Waals surface area contributed by atoms with Gasteiger partial charge >= 0.3 is 0 Å². The molecule has 0 spiro atoms. The van der Waals surface area contributed by atoms with Crippen molar-refractivity contribution in [1.82, 2.24) is 10.6 Å². The summed E-state index contributed by atoms with van der Waals surface area (Å²) in [5.74, 6) is 1.24. The third kappa shape index (κ3) is 4.74. The molecule has 2 aromatic rings. The number of carbonyl (C=O) groups excluding carboxylic acids is 2. The number of amides is 2. The lowest BCUT2D eigenvalue weighted by Crippen LogP contribution is -2.50. The van der Waals surface area contributed by atoms with Gasteiger partial charge in [-0.15, -0.1) is 0 Å². The van der Waals surface area contributed by atoms with Gasteiger partial charge in [-0.3, -0.25) is 9.59 Å². The van der Waals surface area contributed by atoms with Crippen molar-refractivity contribution < 1.29 is 18.7 Å². The van der Waals surface area contributed by atoms with Crippen molar-refractivity contribution in [3.8, 4) is 17.1 Å². The van der Waals surface area contributed by atoms with Crippen molar-refractivity contribution in [3.05, 3.63) is 42.2 Å². The lowest BCUT2D eigenvalue weighted by molar-refractivity contribution is -0.124. The maximum absolute atomic E-state index is 12.7. The summed E-state index contributed by atoms with van der Waals surface area (Å²) in [6, 6.07) is 10.4. The van der Waals surface area contributed by atoms with E-state index >= 15 is 0 Å². The van der Waals surface area contributed by atoms with Crippen LogP contribution in [-0.2, 0) is 4.79 Å². The van der Waals surface area contributed by atoms with Crippen LogP contribution in [0.4, 0.5) is 0 Å². The van der Waals surface area contributed by atoms with Gasteiger partial charge in [-0.05, 0) is 62.1 Å². The molecule has 1 aliphatic carbocycles. The summed E-state index contributed by atoms with van der Waals surface area (Å²) in [6.45, 7) is 2.54. The van der Waals surface area contributed by atoms with E-state index in [0.717, 1.165) is 37.0 Å². The smallest absolute Gasteiger partial charge is 0.287 e. The van der Waals surface area contributed by atoms with E-state index in [2.05, 4.69) is 10.6 Å². The van der Waals surface area contributed by atoms with Gasteiger partial charge in [0.15, 0.2) is 5.76 Å². The molecule has 1 aliphatic rings. The Hall–Kier alpha value is -2.76. The van der Waals surface area contributed by atoms with E-state index in [1.807, 2.05) is 31.2 Å². The van der Waals surface area contributed by atoms with E-state index in [1.54, 1.807) is 19.2 Å². The van der Waals surface area contributed by atoms with Crippen molar-refractivity contribution in [3.63, 3.8) is 0 Å². The molecule has 1 fully saturated rings. The van der Waals surface area contributed by atoms with E-state index in [9.17, 15) is 9.59 Å². The number of ether oxygens (including phenoxy) is 1. The van der Waals surface area contributed by atoms with Crippen LogP contribution >= 0.6 is 0 Å². The molecular weight excluding hydrogens is 356 g/mol. The van der Waals surface area contributed by atoms with Crippen molar-refractivity contribution in [2.75, 3.05) is 13.7 Å². The van der Waals surface area contributed by atoms with Crippen LogP contribution in [0.15, 0.2) is 40.8 Å². The second kappa shape index (κ2) is 9.44. The van der Waals surface area contributed by atoms with Crippen molar-refractivity contribution in [2.24, 2.45) is 5.92 Å². The van der Waals surface area contributed by atoms with Gasteiger partial charge in [-0.1, -0.05) is 19.3 Å². The number of hydrogen-bond donors (Lipinski definition) is 2. The number of nitrogens with one attached hydrogen (secondary N) is 2. The van der Waals surface area contributed by atoms with Crippen LogP contribution < -0.4 is 15.4 Å². The standard InChI is InChI=1S/C22H28N2O4/c1-3-27-17-11-9-15(10-12-17)18-13-14-19(28-18)21(25)24-20(22(26)23-2)16-7-5-4-6-8-16/h9-14,16,20H,3-8H2,1-2H3,(H,23,26)(H,24,25). The molecule has 0 saturated heterocycles. The molecule has 1 saturated carbocycles. The molecule has 1 aromatic carbocycles. The Morgan fingerprint density at radius 3 is 2.46 bits per heavy atom. The molecule has 1 aromatic heterocycles. The molecule has 1 atom stereocenters. The Morgan fingerprint density at radius 2 is 1.82 bits per heavy atom. The number of carbonyl (C=O) groups is 2. The molecule has 0 radical (unpaired) electrons. The fourth-order valence-corrected chi connectivity index (χ4v) is 3.73. The van der Waals surface area contributed by atoms with Gasteiger partial charge in [-0.2, -0.15) is 0 Å². The van der Waals surface area contributed by atoms with Crippen LogP contribution in [0.5, 0.6) is 5.75 Å². The van der Waals surface area contributed by atoms with Gasteiger partial charge < -0.3 is 19.8 Å². The van der Waals surface area contributed by atoms with Crippen LogP contribution in [0.2, 0.25) is 0 Å². The highest BCUT2D eigenvalue weighted by atomic mass is 16.5. The first-order valence-corrected chi connectivity index (χ1v) is 9.98. The number of benzene rings is 1. The number of likely N-dealkylation sites (N-methyl/N-ethyl adjacent to an activating group) is 1. The highest BCUT2D eigenvalue weighted by molar-refractivity contribution is 5.96. The van der Waals surface area contributed by atoms with Crippen molar-refractivity contribution >= 4 is 11.8 Å². The Bertz CT molecular complexity index is 791. The van der Waals surface area contributed by atoms with Crippen LogP contribution in [0, 0.1) is 5.92 Å². The highest BCUT2D eigenvalue weighted by Gasteiger charge is 2.31. The van der Waals surface area contributed by atoms with E-state index < -0.39 is 6.04 Å². The molecule has 3 rings (SSSR count).